The first-order chi connectivity index (χ1) is 12.6. The van der Waals surface area contributed by atoms with Gasteiger partial charge in [0.15, 0.2) is 11.7 Å². The zero-order chi connectivity index (χ0) is 18.7. The van der Waals surface area contributed by atoms with Gasteiger partial charge in [-0.1, -0.05) is 24.3 Å². The maximum absolute atomic E-state index is 12.7. The molecular formula is C20H15ClO5. The van der Waals surface area contributed by atoms with Gasteiger partial charge in [0.05, 0.1) is 12.7 Å². The Morgan fingerprint density at radius 2 is 1.96 bits per heavy atom. The summed E-state index contributed by atoms with van der Waals surface area (Å²) in [7, 11) is 1.38. The Kier molecular flexibility index (Phi) is 5.09. The number of ether oxygens (including phenoxy) is 2. The van der Waals surface area contributed by atoms with Crippen molar-refractivity contribution in [3.63, 3.8) is 0 Å². The van der Waals surface area contributed by atoms with Gasteiger partial charge in [0.1, 0.15) is 34.8 Å². The molecule has 0 radical (unpaired) electrons. The van der Waals surface area contributed by atoms with E-state index in [4.69, 9.17) is 25.5 Å². The number of benzene rings is 2. The highest BCUT2D eigenvalue weighted by atomic mass is 35.5. The Labute approximate surface area is 154 Å². The molecule has 0 spiro atoms. The van der Waals surface area contributed by atoms with Crippen molar-refractivity contribution >= 4 is 28.9 Å². The summed E-state index contributed by atoms with van der Waals surface area (Å²) in [5, 5.41) is 0.757. The third-order valence-electron chi connectivity index (χ3n) is 3.78. The average molecular weight is 371 g/mol. The molecule has 0 unspecified atom stereocenters. The van der Waals surface area contributed by atoms with Crippen LogP contribution in [0.25, 0.3) is 22.3 Å². The minimum Gasteiger partial charge on any atom is -0.495 e. The zero-order valence-electron chi connectivity index (χ0n) is 14.0. The van der Waals surface area contributed by atoms with Crippen LogP contribution in [0.1, 0.15) is 10.4 Å². The molecule has 1 aromatic heterocycles. The lowest BCUT2D eigenvalue weighted by molar-refractivity contribution is 0.111. The molecule has 0 bridgehead atoms. The van der Waals surface area contributed by atoms with Gasteiger partial charge in [0, 0.05) is 22.7 Å². The Balaban J connectivity index is 2.29. The molecule has 6 heteroatoms. The van der Waals surface area contributed by atoms with Crippen LogP contribution < -0.4 is 14.9 Å². The van der Waals surface area contributed by atoms with Crippen LogP contribution in [0, 0.1) is 0 Å². The van der Waals surface area contributed by atoms with Gasteiger partial charge in [-0.2, -0.15) is 0 Å². The van der Waals surface area contributed by atoms with Crippen LogP contribution in [0.3, 0.4) is 0 Å². The van der Waals surface area contributed by atoms with Crippen molar-refractivity contribution in [2.24, 2.45) is 0 Å². The summed E-state index contributed by atoms with van der Waals surface area (Å²) in [6.45, 7) is 3.77. The molecule has 26 heavy (non-hydrogen) atoms. The fourth-order valence-corrected chi connectivity index (χ4v) is 2.75. The first-order valence-electron chi connectivity index (χ1n) is 7.72. The van der Waals surface area contributed by atoms with Crippen LogP contribution in [0.15, 0.2) is 58.3 Å². The van der Waals surface area contributed by atoms with Gasteiger partial charge in [-0.25, -0.2) is 0 Å². The Bertz CT molecular complexity index is 1030. The maximum Gasteiger partial charge on any atom is 0.197 e. The smallest absolute Gasteiger partial charge is 0.197 e. The largest absolute Gasteiger partial charge is 0.495 e. The van der Waals surface area contributed by atoms with E-state index < -0.39 is 0 Å². The molecule has 132 valence electrons. The number of methoxy groups -OCH3 is 1. The van der Waals surface area contributed by atoms with E-state index in [1.54, 1.807) is 30.3 Å². The van der Waals surface area contributed by atoms with Crippen molar-refractivity contribution in [3.05, 3.63) is 69.9 Å². The molecule has 3 aromatic rings. The minimum atomic E-state index is -0.327. The lowest BCUT2D eigenvalue weighted by atomic mass is 10.1. The maximum atomic E-state index is 12.7. The quantitative estimate of drug-likeness (QED) is 0.472. The number of carbonyl (C=O) groups is 1. The second kappa shape index (κ2) is 7.45. The highest BCUT2D eigenvalue weighted by Gasteiger charge is 2.20. The van der Waals surface area contributed by atoms with Crippen molar-refractivity contribution < 1.29 is 18.7 Å². The Morgan fingerprint density at radius 3 is 2.58 bits per heavy atom. The van der Waals surface area contributed by atoms with Gasteiger partial charge in [0.25, 0.3) is 0 Å². The van der Waals surface area contributed by atoms with Gasteiger partial charge in [0.2, 0.25) is 0 Å². The van der Waals surface area contributed by atoms with Gasteiger partial charge in [-0.3, -0.25) is 9.59 Å². The van der Waals surface area contributed by atoms with Gasteiger partial charge in [-0.15, -0.1) is 0 Å². The average Bonchev–Trinajstić information content (AvgIpc) is 2.65. The van der Waals surface area contributed by atoms with Crippen molar-refractivity contribution in [2.45, 2.75) is 0 Å². The molecular weight excluding hydrogens is 356 g/mol. The van der Waals surface area contributed by atoms with Gasteiger partial charge in [-0.05, 0) is 24.3 Å². The van der Waals surface area contributed by atoms with Crippen LogP contribution in [-0.2, 0) is 0 Å². The van der Waals surface area contributed by atoms with Crippen LogP contribution in [0.4, 0.5) is 0 Å². The summed E-state index contributed by atoms with van der Waals surface area (Å²) in [4.78, 5) is 24.2. The highest BCUT2D eigenvalue weighted by Crippen LogP contribution is 2.36. The van der Waals surface area contributed by atoms with Gasteiger partial charge >= 0.3 is 0 Å². The van der Waals surface area contributed by atoms with E-state index in [0.29, 0.717) is 22.6 Å². The summed E-state index contributed by atoms with van der Waals surface area (Å²) in [6.07, 6.45) is 2.13. The van der Waals surface area contributed by atoms with Crippen LogP contribution >= 0.6 is 11.6 Å². The van der Waals surface area contributed by atoms with E-state index in [2.05, 4.69) is 6.58 Å². The molecule has 0 aliphatic heterocycles. The molecule has 0 aliphatic rings. The topological polar surface area (TPSA) is 65.7 Å². The molecule has 0 atom stereocenters. The fourth-order valence-electron chi connectivity index (χ4n) is 2.63. The minimum absolute atomic E-state index is 0.118. The molecule has 0 N–H and O–H groups in total. The first-order valence-corrected chi connectivity index (χ1v) is 8.10. The SMILES string of the molecule is C=CCOc1cc2oc(-c3ccc(Cl)cc3)cc(=O)c2c(OC)c1C=O. The lowest BCUT2D eigenvalue weighted by Gasteiger charge is -2.13. The third kappa shape index (κ3) is 3.21. The number of aldehydes is 1. The van der Waals surface area contributed by atoms with E-state index in [9.17, 15) is 9.59 Å². The summed E-state index contributed by atoms with van der Waals surface area (Å²) >= 11 is 5.90. The summed E-state index contributed by atoms with van der Waals surface area (Å²) in [5.41, 5.74) is 0.768. The highest BCUT2D eigenvalue weighted by molar-refractivity contribution is 6.30. The molecule has 0 aliphatic carbocycles. The first kappa shape index (κ1) is 17.8. The number of hydrogen-bond acceptors (Lipinski definition) is 5. The fraction of sp³-hybridized carbons (Fsp3) is 0.100. The van der Waals surface area contributed by atoms with Crippen molar-refractivity contribution in [1.29, 1.82) is 0 Å². The van der Waals surface area contributed by atoms with Crippen molar-refractivity contribution in [3.8, 4) is 22.8 Å². The van der Waals surface area contributed by atoms with E-state index in [-0.39, 0.29) is 40.1 Å². The van der Waals surface area contributed by atoms with E-state index in [1.165, 1.54) is 19.2 Å². The predicted molar refractivity (Wildman–Crippen MR) is 101 cm³/mol. The number of hydrogen-bond donors (Lipinski definition) is 0. The van der Waals surface area contributed by atoms with E-state index in [0.717, 1.165) is 0 Å². The molecule has 1 heterocycles. The van der Waals surface area contributed by atoms with Gasteiger partial charge < -0.3 is 13.9 Å². The molecule has 0 amide bonds. The second-order valence-electron chi connectivity index (χ2n) is 5.39. The number of halogens is 1. The lowest BCUT2D eigenvalue weighted by Crippen LogP contribution is -2.07. The zero-order valence-corrected chi connectivity index (χ0v) is 14.7. The number of rotatable bonds is 6. The van der Waals surface area contributed by atoms with Crippen LogP contribution in [0.5, 0.6) is 11.5 Å². The van der Waals surface area contributed by atoms with Crippen molar-refractivity contribution in [2.75, 3.05) is 13.7 Å². The summed E-state index contributed by atoms with van der Waals surface area (Å²) < 4.78 is 16.7. The van der Waals surface area contributed by atoms with E-state index in [1.807, 2.05) is 0 Å². The van der Waals surface area contributed by atoms with Crippen LogP contribution in [-0.4, -0.2) is 20.0 Å². The predicted octanol–water partition coefficient (Wildman–Crippen LogP) is 4.50. The molecule has 5 nitrogen and oxygen atoms in total. The monoisotopic (exact) mass is 370 g/mol. The molecule has 2 aromatic carbocycles. The van der Waals surface area contributed by atoms with Crippen molar-refractivity contribution in [1.82, 2.24) is 0 Å². The van der Waals surface area contributed by atoms with Crippen LogP contribution in [0.2, 0.25) is 5.02 Å². The molecule has 0 saturated heterocycles. The van der Waals surface area contributed by atoms with E-state index >= 15 is 0 Å². The number of carbonyl (C=O) groups excluding carboxylic acids is 1. The normalized spacial score (nSPS) is 10.5. The molecule has 0 fully saturated rings. The summed E-state index contributed by atoms with van der Waals surface area (Å²) in [5.74, 6) is 0.739. The Morgan fingerprint density at radius 1 is 1.23 bits per heavy atom. The summed E-state index contributed by atoms with van der Waals surface area (Å²) in [6, 6.07) is 9.77. The number of fused-ring (bicyclic) bond motifs is 1. The third-order valence-corrected chi connectivity index (χ3v) is 4.03. The standard InChI is InChI=1S/C20H15ClO5/c1-3-8-25-17-10-18-19(20(24-2)14(17)11-22)15(23)9-16(26-18)12-4-6-13(21)7-5-12/h3-7,9-11H,1,8H2,2H3. The molecule has 0 saturated carbocycles. The molecule has 3 rings (SSSR count). The Hall–Kier alpha value is -3.05. The second-order valence-corrected chi connectivity index (χ2v) is 5.83.